The fraction of sp³-hybridized carbons (Fsp3) is 0.318. The van der Waals surface area contributed by atoms with Crippen molar-refractivity contribution < 1.29 is 17.2 Å². The summed E-state index contributed by atoms with van der Waals surface area (Å²) < 4.78 is 46.0. The minimum Gasteiger partial charge on any atom is -0.444 e. The first kappa shape index (κ1) is 20.7. The van der Waals surface area contributed by atoms with Gasteiger partial charge in [0, 0.05) is 31.7 Å². The van der Waals surface area contributed by atoms with Crippen LogP contribution in [0.2, 0.25) is 0 Å². The van der Waals surface area contributed by atoms with Crippen LogP contribution in [0.15, 0.2) is 64.1 Å². The second-order valence-corrected chi connectivity index (χ2v) is 9.44. The lowest BCUT2D eigenvalue weighted by molar-refractivity contribution is 0.275. The number of hydrogen-bond acceptors (Lipinski definition) is 5. The summed E-state index contributed by atoms with van der Waals surface area (Å²) in [5.74, 6) is 0.133. The largest absolute Gasteiger partial charge is 0.444 e. The van der Waals surface area contributed by atoms with Crippen LogP contribution in [0.4, 0.5) is 4.39 Å². The molecule has 0 bridgehead atoms. The van der Waals surface area contributed by atoms with Gasteiger partial charge in [0.2, 0.25) is 15.9 Å². The molecule has 8 heteroatoms. The lowest BCUT2D eigenvalue weighted by Gasteiger charge is -2.21. The van der Waals surface area contributed by atoms with Crippen LogP contribution in [0, 0.1) is 12.7 Å². The van der Waals surface area contributed by atoms with Crippen LogP contribution < -0.4 is 0 Å². The third-order valence-corrected chi connectivity index (χ3v) is 7.15. The second-order valence-electron chi connectivity index (χ2n) is 7.50. The molecule has 0 radical (unpaired) electrons. The van der Waals surface area contributed by atoms with Crippen molar-refractivity contribution in [2.75, 3.05) is 26.2 Å². The SMILES string of the molecule is Cc1ccc(-c2nc(CN3CCCN(S(=O)(=O)c4ccc(F)cc4)CC3)co2)cc1. The molecule has 0 aliphatic carbocycles. The van der Waals surface area contributed by atoms with E-state index in [2.05, 4.69) is 9.88 Å². The summed E-state index contributed by atoms with van der Waals surface area (Å²) in [4.78, 5) is 6.88. The lowest BCUT2D eigenvalue weighted by atomic mass is 10.1. The van der Waals surface area contributed by atoms with E-state index < -0.39 is 15.8 Å². The van der Waals surface area contributed by atoms with Crippen molar-refractivity contribution in [1.82, 2.24) is 14.2 Å². The number of benzene rings is 2. The Labute approximate surface area is 176 Å². The van der Waals surface area contributed by atoms with Crippen molar-refractivity contribution in [3.8, 4) is 11.5 Å². The zero-order valence-corrected chi connectivity index (χ0v) is 17.6. The highest BCUT2D eigenvalue weighted by Crippen LogP contribution is 2.21. The topological polar surface area (TPSA) is 66.7 Å². The van der Waals surface area contributed by atoms with Crippen molar-refractivity contribution >= 4 is 10.0 Å². The van der Waals surface area contributed by atoms with Gasteiger partial charge in [0.15, 0.2) is 0 Å². The molecule has 6 nitrogen and oxygen atoms in total. The average Bonchev–Trinajstić information content (AvgIpc) is 3.06. The summed E-state index contributed by atoms with van der Waals surface area (Å²) in [5, 5.41) is 0. The minimum absolute atomic E-state index is 0.122. The second kappa shape index (κ2) is 8.67. The highest BCUT2D eigenvalue weighted by atomic mass is 32.2. The number of sulfonamides is 1. The molecule has 1 aliphatic rings. The maximum atomic E-state index is 13.1. The van der Waals surface area contributed by atoms with Crippen molar-refractivity contribution in [2.24, 2.45) is 0 Å². The summed E-state index contributed by atoms with van der Waals surface area (Å²) in [6, 6.07) is 13.0. The molecule has 0 amide bonds. The van der Waals surface area contributed by atoms with Crippen molar-refractivity contribution in [3.05, 3.63) is 71.9 Å². The number of aromatic nitrogens is 1. The predicted molar refractivity (Wildman–Crippen MR) is 112 cm³/mol. The quantitative estimate of drug-likeness (QED) is 0.619. The number of rotatable bonds is 5. The van der Waals surface area contributed by atoms with Crippen LogP contribution in [0.3, 0.4) is 0 Å². The standard InChI is InChI=1S/C22H24FN3O3S/c1-17-3-5-18(6-4-17)22-24-20(16-29-22)15-25-11-2-12-26(14-13-25)30(27,28)21-9-7-19(23)8-10-21/h3-10,16H,2,11-15H2,1H3. The Morgan fingerprint density at radius 2 is 1.73 bits per heavy atom. The van der Waals surface area contributed by atoms with Gasteiger partial charge in [0.25, 0.3) is 0 Å². The van der Waals surface area contributed by atoms with Crippen LogP contribution in [0.1, 0.15) is 17.7 Å². The molecular formula is C22H24FN3O3S. The fourth-order valence-electron chi connectivity index (χ4n) is 3.54. The molecule has 2 aromatic carbocycles. The van der Waals surface area contributed by atoms with Gasteiger partial charge < -0.3 is 4.42 Å². The van der Waals surface area contributed by atoms with Crippen molar-refractivity contribution in [1.29, 1.82) is 0 Å². The molecule has 1 fully saturated rings. The van der Waals surface area contributed by atoms with Gasteiger partial charge in [-0.25, -0.2) is 17.8 Å². The van der Waals surface area contributed by atoms with E-state index in [0.717, 1.165) is 17.8 Å². The number of halogens is 1. The summed E-state index contributed by atoms with van der Waals surface area (Å²) >= 11 is 0. The first-order chi connectivity index (χ1) is 14.4. The van der Waals surface area contributed by atoms with Gasteiger partial charge in [0.1, 0.15) is 12.1 Å². The maximum Gasteiger partial charge on any atom is 0.243 e. The van der Waals surface area contributed by atoms with E-state index >= 15 is 0 Å². The Morgan fingerprint density at radius 1 is 1.00 bits per heavy atom. The van der Waals surface area contributed by atoms with E-state index in [-0.39, 0.29) is 4.90 Å². The third-order valence-electron chi connectivity index (χ3n) is 5.23. The van der Waals surface area contributed by atoms with Gasteiger partial charge >= 0.3 is 0 Å². The zero-order valence-electron chi connectivity index (χ0n) is 16.8. The lowest BCUT2D eigenvalue weighted by Crippen LogP contribution is -2.35. The van der Waals surface area contributed by atoms with Crippen LogP contribution in [0.5, 0.6) is 0 Å². The molecule has 30 heavy (non-hydrogen) atoms. The number of oxazole rings is 1. The van der Waals surface area contributed by atoms with E-state index in [1.807, 2.05) is 31.2 Å². The van der Waals surface area contributed by atoms with Crippen molar-refractivity contribution in [2.45, 2.75) is 24.8 Å². The smallest absolute Gasteiger partial charge is 0.243 e. The van der Waals surface area contributed by atoms with E-state index in [4.69, 9.17) is 4.42 Å². The Hall–Kier alpha value is -2.55. The summed E-state index contributed by atoms with van der Waals surface area (Å²) in [6.45, 7) is 4.80. The molecule has 158 valence electrons. The van der Waals surface area contributed by atoms with Gasteiger partial charge in [-0.15, -0.1) is 0 Å². The molecule has 1 aliphatic heterocycles. The Morgan fingerprint density at radius 3 is 2.47 bits per heavy atom. The molecule has 3 aromatic rings. The Bertz CT molecular complexity index is 1100. The van der Waals surface area contributed by atoms with Gasteiger partial charge in [-0.1, -0.05) is 17.7 Å². The van der Waals surface area contributed by atoms with Crippen LogP contribution in [-0.4, -0.2) is 48.8 Å². The number of hydrogen-bond donors (Lipinski definition) is 0. The first-order valence-corrected chi connectivity index (χ1v) is 11.4. The molecule has 2 heterocycles. The monoisotopic (exact) mass is 429 g/mol. The molecule has 0 spiro atoms. The van der Waals surface area contributed by atoms with Gasteiger partial charge in [0.05, 0.1) is 10.6 Å². The van der Waals surface area contributed by atoms with E-state index in [1.165, 1.54) is 34.1 Å². The van der Waals surface area contributed by atoms with Gasteiger partial charge in [-0.3, -0.25) is 4.90 Å². The normalized spacial score (nSPS) is 16.5. The molecule has 0 unspecified atom stereocenters. The molecule has 0 N–H and O–H groups in total. The number of nitrogens with zero attached hydrogens (tertiary/aromatic N) is 3. The highest BCUT2D eigenvalue weighted by molar-refractivity contribution is 7.89. The average molecular weight is 430 g/mol. The van der Waals surface area contributed by atoms with Gasteiger partial charge in [-0.05, 0) is 56.3 Å². The van der Waals surface area contributed by atoms with Crippen molar-refractivity contribution in [3.63, 3.8) is 0 Å². The predicted octanol–water partition coefficient (Wildman–Crippen LogP) is 3.69. The summed E-state index contributed by atoms with van der Waals surface area (Å²) in [5.41, 5.74) is 2.93. The maximum absolute atomic E-state index is 13.1. The number of aryl methyl sites for hydroxylation is 1. The van der Waals surface area contributed by atoms with Crippen LogP contribution in [-0.2, 0) is 16.6 Å². The fourth-order valence-corrected chi connectivity index (χ4v) is 5.01. The molecule has 0 atom stereocenters. The van der Waals surface area contributed by atoms with Crippen LogP contribution in [0.25, 0.3) is 11.5 Å². The van der Waals surface area contributed by atoms with Gasteiger partial charge in [-0.2, -0.15) is 4.31 Å². The Kier molecular flexibility index (Phi) is 5.99. The molecule has 1 aromatic heterocycles. The highest BCUT2D eigenvalue weighted by Gasteiger charge is 2.27. The Balaban J connectivity index is 1.40. The van der Waals surface area contributed by atoms with Crippen LogP contribution >= 0.6 is 0 Å². The van der Waals surface area contributed by atoms with E-state index in [1.54, 1.807) is 6.26 Å². The minimum atomic E-state index is -3.63. The molecule has 0 saturated carbocycles. The molecule has 4 rings (SSSR count). The third kappa shape index (κ3) is 4.61. The molecule has 1 saturated heterocycles. The van der Waals surface area contributed by atoms with E-state index in [0.29, 0.717) is 38.5 Å². The first-order valence-electron chi connectivity index (χ1n) is 9.91. The molecular weight excluding hydrogens is 405 g/mol. The summed E-state index contributed by atoms with van der Waals surface area (Å²) in [7, 11) is -3.63. The zero-order chi connectivity index (χ0) is 21.1. The van der Waals surface area contributed by atoms with E-state index in [9.17, 15) is 12.8 Å². The summed E-state index contributed by atoms with van der Waals surface area (Å²) in [6.07, 6.45) is 2.37.